The molecule has 0 aliphatic heterocycles. The minimum Gasteiger partial charge on any atom is -0.475 e. The van der Waals surface area contributed by atoms with Crippen LogP contribution in [0.4, 0.5) is 32.2 Å². The molecule has 0 spiro atoms. The Hall–Kier alpha value is -5.16. The second kappa shape index (κ2) is 15.6. The maximum atomic E-state index is 13.3. The number of carboxylic acids is 2. The lowest BCUT2D eigenvalue weighted by atomic mass is 9.90. The first-order chi connectivity index (χ1) is 22.4. The van der Waals surface area contributed by atoms with Crippen LogP contribution in [0.2, 0.25) is 0 Å². The van der Waals surface area contributed by atoms with E-state index in [1.54, 1.807) is 0 Å². The lowest BCUT2D eigenvalue weighted by Crippen LogP contribution is -2.38. The van der Waals surface area contributed by atoms with E-state index >= 15 is 0 Å². The summed E-state index contributed by atoms with van der Waals surface area (Å²) in [4.78, 5) is 44.8. The molecule has 2 aliphatic rings. The molecular formula is C30H33F6N7O5. The topological polar surface area (TPSA) is 206 Å². The van der Waals surface area contributed by atoms with Gasteiger partial charge in [-0.05, 0) is 55.9 Å². The van der Waals surface area contributed by atoms with Crippen molar-refractivity contribution in [2.24, 2.45) is 16.5 Å². The van der Waals surface area contributed by atoms with Crippen molar-refractivity contribution in [3.8, 4) is 0 Å². The summed E-state index contributed by atoms with van der Waals surface area (Å²) in [5.74, 6) is -4.87. The number of benzene rings is 2. The van der Waals surface area contributed by atoms with Crippen molar-refractivity contribution < 1.29 is 50.9 Å². The van der Waals surface area contributed by atoms with Gasteiger partial charge in [0.15, 0.2) is 5.96 Å². The molecule has 2 aliphatic carbocycles. The predicted molar refractivity (Wildman–Crippen MR) is 162 cm³/mol. The van der Waals surface area contributed by atoms with Crippen LogP contribution in [0.1, 0.15) is 65.5 Å². The Bertz CT molecular complexity index is 1640. The van der Waals surface area contributed by atoms with E-state index in [0.717, 1.165) is 55.0 Å². The zero-order valence-electron chi connectivity index (χ0n) is 25.4. The number of hydrogen-bond acceptors (Lipinski definition) is 7. The third-order valence-electron chi connectivity index (χ3n) is 7.34. The van der Waals surface area contributed by atoms with Gasteiger partial charge in [-0.1, -0.05) is 48.7 Å². The van der Waals surface area contributed by atoms with Crippen LogP contribution in [-0.4, -0.2) is 68.4 Å². The normalized spacial score (nSPS) is 18.6. The van der Waals surface area contributed by atoms with Crippen molar-refractivity contribution in [1.29, 1.82) is 0 Å². The molecule has 2 aromatic carbocycles. The molecule has 5 rings (SSSR count). The number of rotatable bonds is 5. The highest BCUT2D eigenvalue weighted by Gasteiger charge is 2.39. The first-order valence-electron chi connectivity index (χ1n) is 14.5. The molecule has 18 heteroatoms. The van der Waals surface area contributed by atoms with Gasteiger partial charge in [0.1, 0.15) is 5.82 Å². The summed E-state index contributed by atoms with van der Waals surface area (Å²) in [6.07, 6.45) is -4.32. The first kappa shape index (κ1) is 37.3. The van der Waals surface area contributed by atoms with Gasteiger partial charge in [0.25, 0.3) is 5.91 Å². The van der Waals surface area contributed by atoms with E-state index in [4.69, 9.17) is 36.3 Å². The van der Waals surface area contributed by atoms with Crippen molar-refractivity contribution in [3.05, 3.63) is 65.0 Å². The number of anilines is 1. The van der Waals surface area contributed by atoms with E-state index in [1.165, 1.54) is 11.1 Å². The minimum absolute atomic E-state index is 0.0259. The van der Waals surface area contributed by atoms with Crippen LogP contribution in [-0.2, 0) is 16.0 Å². The summed E-state index contributed by atoms with van der Waals surface area (Å²) in [5.41, 5.74) is 15.7. The molecule has 0 bridgehead atoms. The number of carbonyl (C=O) groups excluding carboxylic acids is 1. The fourth-order valence-electron chi connectivity index (χ4n) is 5.18. The van der Waals surface area contributed by atoms with E-state index in [1.807, 2.05) is 37.3 Å². The summed E-state index contributed by atoms with van der Waals surface area (Å²) in [7, 11) is 0. The fraction of sp³-hybridized carbons (Fsp3) is 0.400. The quantitative estimate of drug-likeness (QED) is 0.125. The molecule has 260 valence electrons. The Labute approximate surface area is 269 Å². The number of guanidine groups is 1. The van der Waals surface area contributed by atoms with E-state index in [9.17, 15) is 31.1 Å². The van der Waals surface area contributed by atoms with E-state index in [-0.39, 0.29) is 35.8 Å². The molecular weight excluding hydrogens is 652 g/mol. The highest BCUT2D eigenvalue weighted by Crippen LogP contribution is 2.32. The van der Waals surface area contributed by atoms with E-state index < -0.39 is 24.3 Å². The number of fused-ring (bicyclic) bond motifs is 2. The summed E-state index contributed by atoms with van der Waals surface area (Å²) >= 11 is 0. The van der Waals surface area contributed by atoms with Crippen LogP contribution in [0.15, 0.2) is 47.5 Å². The fourth-order valence-corrected chi connectivity index (χ4v) is 5.18. The van der Waals surface area contributed by atoms with Gasteiger partial charge < -0.3 is 32.3 Å². The van der Waals surface area contributed by atoms with Gasteiger partial charge in [0.05, 0.1) is 23.6 Å². The zero-order chi connectivity index (χ0) is 35.8. The molecule has 1 saturated carbocycles. The summed E-state index contributed by atoms with van der Waals surface area (Å²) in [5, 5.41) is 21.8. The lowest BCUT2D eigenvalue weighted by Gasteiger charge is -2.30. The second-order valence-electron chi connectivity index (χ2n) is 10.9. The van der Waals surface area contributed by atoms with Gasteiger partial charge in [-0.25, -0.2) is 24.5 Å². The van der Waals surface area contributed by atoms with Gasteiger partial charge in [-0.3, -0.25) is 4.79 Å². The number of alkyl halides is 6. The van der Waals surface area contributed by atoms with Crippen molar-refractivity contribution in [3.63, 3.8) is 0 Å². The number of amides is 1. The Morgan fingerprint density at radius 2 is 1.50 bits per heavy atom. The van der Waals surface area contributed by atoms with Gasteiger partial charge in [0, 0.05) is 5.39 Å². The Morgan fingerprint density at radius 1 is 0.896 bits per heavy atom. The highest BCUT2D eigenvalue weighted by atomic mass is 19.4. The third kappa shape index (κ3) is 10.4. The average molecular weight is 686 g/mol. The highest BCUT2D eigenvalue weighted by molar-refractivity contribution is 5.97. The molecule has 12 nitrogen and oxygen atoms in total. The van der Waals surface area contributed by atoms with Crippen molar-refractivity contribution in [1.82, 2.24) is 15.3 Å². The Morgan fingerprint density at radius 3 is 2.10 bits per heavy atom. The molecule has 1 aromatic heterocycles. The number of nitrogens with zero attached hydrogens (tertiary/aromatic N) is 3. The summed E-state index contributed by atoms with van der Waals surface area (Å²) in [6.45, 7) is 2.03. The Balaban J connectivity index is 0.000000376. The number of carboxylic acid groups (broad SMARTS) is 2. The molecule has 3 atom stereocenters. The van der Waals surface area contributed by atoms with Crippen LogP contribution >= 0.6 is 0 Å². The Kier molecular flexibility index (Phi) is 12.1. The predicted octanol–water partition coefficient (Wildman–Crippen LogP) is 4.62. The van der Waals surface area contributed by atoms with E-state index in [0.29, 0.717) is 5.82 Å². The molecule has 0 radical (unpaired) electrons. The standard InChI is InChI=1S/C26H31N7O.2C2HF3O2/c1-15-10-12-20-18(14-15)23(30-21-8-4-5-9-22(21)32-26(27)28)33-24(29-20)25(34)31-19-13-11-16-6-2-3-7-17(16)19;2*3-2(4,5)1(6)7/h2-3,6-7,10,12,14,19,21-22H,4-5,8-9,11,13H2,1H3,(H,31,34)(H4,27,28,32)(H,29,30,33);2*(H,6,7). The first-order valence-corrected chi connectivity index (χ1v) is 14.5. The van der Waals surface area contributed by atoms with Gasteiger partial charge in [-0.15, -0.1) is 0 Å². The van der Waals surface area contributed by atoms with Gasteiger partial charge in [-0.2, -0.15) is 26.3 Å². The molecule has 1 amide bonds. The van der Waals surface area contributed by atoms with Crippen molar-refractivity contribution >= 4 is 40.5 Å². The summed E-state index contributed by atoms with van der Waals surface area (Å²) < 4.78 is 63.5. The molecule has 48 heavy (non-hydrogen) atoms. The monoisotopic (exact) mass is 685 g/mol. The van der Waals surface area contributed by atoms with Crippen LogP contribution < -0.4 is 22.1 Å². The number of aromatic nitrogens is 2. The zero-order valence-corrected chi connectivity index (χ0v) is 25.4. The second-order valence-corrected chi connectivity index (χ2v) is 10.9. The van der Waals surface area contributed by atoms with Gasteiger partial charge >= 0.3 is 24.3 Å². The van der Waals surface area contributed by atoms with Crippen LogP contribution in [0.25, 0.3) is 10.9 Å². The lowest BCUT2D eigenvalue weighted by molar-refractivity contribution is -0.193. The molecule has 1 fully saturated rings. The third-order valence-corrected chi connectivity index (χ3v) is 7.34. The molecule has 1 heterocycles. The molecule has 3 unspecified atom stereocenters. The van der Waals surface area contributed by atoms with Gasteiger partial charge in [0.2, 0.25) is 5.82 Å². The van der Waals surface area contributed by atoms with Crippen LogP contribution in [0, 0.1) is 6.92 Å². The number of nitrogens with one attached hydrogen (secondary N) is 2. The number of aryl methyl sites for hydroxylation is 2. The molecule has 0 saturated heterocycles. The number of halogens is 6. The van der Waals surface area contributed by atoms with Crippen molar-refractivity contribution in [2.45, 2.75) is 75.9 Å². The summed E-state index contributed by atoms with van der Waals surface area (Å²) in [6, 6.07) is 14.2. The number of aliphatic carboxylic acids is 2. The molecule has 8 N–H and O–H groups in total. The smallest absolute Gasteiger partial charge is 0.475 e. The van der Waals surface area contributed by atoms with E-state index in [2.05, 4.69) is 32.7 Å². The largest absolute Gasteiger partial charge is 0.490 e. The van der Waals surface area contributed by atoms with Crippen LogP contribution in [0.5, 0.6) is 0 Å². The SMILES string of the molecule is Cc1ccc2nc(C(=O)NC3CCc4ccccc43)nc(NC3CCCCC3N=C(N)N)c2c1.O=C(O)C(F)(F)F.O=C(O)C(F)(F)F. The minimum atomic E-state index is -5.08. The number of hydrogen-bond donors (Lipinski definition) is 6. The number of aliphatic imine (C=N–C) groups is 1. The van der Waals surface area contributed by atoms with Crippen molar-refractivity contribution in [2.75, 3.05) is 5.32 Å². The number of carbonyl (C=O) groups is 3. The van der Waals surface area contributed by atoms with Crippen LogP contribution in [0.3, 0.4) is 0 Å². The average Bonchev–Trinajstić information content (AvgIpc) is 3.40. The maximum Gasteiger partial charge on any atom is 0.490 e. The maximum absolute atomic E-state index is 13.3. The molecule has 3 aromatic rings. The number of nitrogens with two attached hydrogens (primary N) is 2.